The molecule has 1 unspecified atom stereocenters. The molecule has 0 bridgehead atoms. The number of aromatic carboxylic acids is 1. The summed E-state index contributed by atoms with van der Waals surface area (Å²) in [6.07, 6.45) is 1.53. The number of hydrogen-bond acceptors (Lipinski definition) is 3. The molecule has 4 nitrogen and oxygen atoms in total. The topological polar surface area (TPSA) is 62.2 Å². The molecule has 6 heteroatoms. The highest BCUT2D eigenvalue weighted by atomic mass is 35.5. The number of anilines is 1. The van der Waals surface area contributed by atoms with Gasteiger partial charge in [0.05, 0.1) is 6.04 Å². The molecule has 0 spiro atoms. The van der Waals surface area contributed by atoms with Crippen molar-refractivity contribution in [2.24, 2.45) is 0 Å². The molecule has 1 atom stereocenters. The highest BCUT2D eigenvalue weighted by molar-refractivity contribution is 6.35. The maximum Gasteiger partial charge on any atom is 0.339 e. The Balaban J connectivity index is 2.28. The van der Waals surface area contributed by atoms with Crippen LogP contribution in [0.3, 0.4) is 0 Å². The third-order valence-electron chi connectivity index (χ3n) is 2.82. The minimum Gasteiger partial charge on any atom is -0.478 e. The quantitative estimate of drug-likeness (QED) is 0.885. The van der Waals surface area contributed by atoms with Gasteiger partial charge in [-0.3, -0.25) is 0 Å². The summed E-state index contributed by atoms with van der Waals surface area (Å²) in [7, 11) is 0. The van der Waals surface area contributed by atoms with E-state index in [0.717, 1.165) is 5.56 Å². The Kier molecular flexibility index (Phi) is 4.47. The molecule has 2 N–H and O–H groups in total. The molecule has 0 amide bonds. The van der Waals surface area contributed by atoms with Crippen LogP contribution in [0.15, 0.2) is 36.5 Å². The predicted octanol–water partition coefficient (Wildman–Crippen LogP) is 4.26. The van der Waals surface area contributed by atoms with Crippen LogP contribution in [0.4, 0.5) is 5.82 Å². The molecule has 2 rings (SSSR count). The zero-order valence-electron chi connectivity index (χ0n) is 10.6. The normalized spacial score (nSPS) is 11.9. The second-order valence-corrected chi connectivity index (χ2v) is 5.08. The monoisotopic (exact) mass is 310 g/mol. The Morgan fingerprint density at radius 1 is 1.35 bits per heavy atom. The lowest BCUT2D eigenvalue weighted by Crippen LogP contribution is -2.12. The van der Waals surface area contributed by atoms with Crippen molar-refractivity contribution in [3.05, 3.63) is 57.7 Å². The summed E-state index contributed by atoms with van der Waals surface area (Å²) in [6, 6.07) is 8.05. The summed E-state index contributed by atoms with van der Waals surface area (Å²) < 4.78 is 0. The number of halogens is 2. The number of nitrogens with zero attached hydrogens (tertiary/aromatic N) is 1. The van der Waals surface area contributed by atoms with Gasteiger partial charge in [-0.05, 0) is 36.8 Å². The van der Waals surface area contributed by atoms with Gasteiger partial charge in [-0.15, -0.1) is 0 Å². The lowest BCUT2D eigenvalue weighted by molar-refractivity contribution is 0.0697. The fourth-order valence-electron chi connectivity index (χ4n) is 1.83. The number of aromatic nitrogens is 1. The van der Waals surface area contributed by atoms with Crippen molar-refractivity contribution in [3.63, 3.8) is 0 Å². The second-order valence-electron chi connectivity index (χ2n) is 4.24. The van der Waals surface area contributed by atoms with Crippen molar-refractivity contribution in [1.82, 2.24) is 4.98 Å². The Labute approximate surface area is 126 Å². The first-order chi connectivity index (χ1) is 9.49. The Hall–Kier alpha value is -1.78. The van der Waals surface area contributed by atoms with E-state index in [1.807, 2.05) is 6.92 Å². The van der Waals surface area contributed by atoms with Gasteiger partial charge in [0.15, 0.2) is 0 Å². The van der Waals surface area contributed by atoms with E-state index >= 15 is 0 Å². The lowest BCUT2D eigenvalue weighted by atomic mass is 10.1. The molecule has 104 valence electrons. The van der Waals surface area contributed by atoms with Crippen molar-refractivity contribution in [1.29, 1.82) is 0 Å². The molecule has 0 radical (unpaired) electrons. The Morgan fingerprint density at radius 3 is 2.75 bits per heavy atom. The van der Waals surface area contributed by atoms with E-state index < -0.39 is 5.97 Å². The van der Waals surface area contributed by atoms with Crippen molar-refractivity contribution < 1.29 is 9.90 Å². The van der Waals surface area contributed by atoms with Gasteiger partial charge < -0.3 is 10.4 Å². The fraction of sp³-hybridized carbons (Fsp3) is 0.143. The highest BCUT2D eigenvalue weighted by Crippen LogP contribution is 2.28. The summed E-state index contributed by atoms with van der Waals surface area (Å²) in [5, 5.41) is 13.2. The molecule has 20 heavy (non-hydrogen) atoms. The van der Waals surface area contributed by atoms with Crippen molar-refractivity contribution >= 4 is 35.0 Å². The van der Waals surface area contributed by atoms with E-state index in [2.05, 4.69) is 10.3 Å². The molecular weight excluding hydrogens is 299 g/mol. The first-order valence-corrected chi connectivity index (χ1v) is 6.64. The van der Waals surface area contributed by atoms with Crippen molar-refractivity contribution in [2.75, 3.05) is 5.32 Å². The van der Waals surface area contributed by atoms with Gasteiger partial charge in [0.1, 0.15) is 11.4 Å². The molecule has 1 heterocycles. The number of hydrogen-bond donors (Lipinski definition) is 2. The van der Waals surface area contributed by atoms with Gasteiger partial charge in [0.25, 0.3) is 0 Å². The van der Waals surface area contributed by atoms with Crippen LogP contribution in [-0.2, 0) is 0 Å². The summed E-state index contributed by atoms with van der Waals surface area (Å²) in [6.45, 7) is 1.87. The van der Waals surface area contributed by atoms with E-state index in [9.17, 15) is 4.79 Å². The third kappa shape index (κ3) is 3.21. The number of carbonyl (C=O) groups is 1. The first-order valence-electron chi connectivity index (χ1n) is 5.89. The minimum atomic E-state index is -1.03. The SMILES string of the molecule is CC(Nc1ncccc1C(=O)O)c1ccc(Cl)cc1Cl. The molecular formula is C14H12Cl2N2O2. The standard InChI is InChI=1S/C14H12Cl2N2O2/c1-8(10-5-4-9(15)7-12(10)16)18-13-11(14(19)20)3-2-6-17-13/h2-8H,1H3,(H,17,18)(H,19,20). The second kappa shape index (κ2) is 6.11. The van der Waals surface area contributed by atoms with Crippen LogP contribution < -0.4 is 5.32 Å². The van der Waals surface area contributed by atoms with E-state index in [0.29, 0.717) is 15.9 Å². The van der Waals surface area contributed by atoms with Crippen LogP contribution in [-0.4, -0.2) is 16.1 Å². The zero-order chi connectivity index (χ0) is 14.7. The number of carboxylic acid groups (broad SMARTS) is 1. The van der Waals surface area contributed by atoms with E-state index in [1.54, 1.807) is 24.3 Å². The van der Waals surface area contributed by atoms with E-state index in [1.165, 1.54) is 12.3 Å². The van der Waals surface area contributed by atoms with Crippen molar-refractivity contribution in [2.45, 2.75) is 13.0 Å². The average molecular weight is 311 g/mol. The summed E-state index contributed by atoms with van der Waals surface area (Å²) in [5.41, 5.74) is 0.933. The van der Waals surface area contributed by atoms with Gasteiger partial charge in [-0.1, -0.05) is 29.3 Å². The number of benzene rings is 1. The molecule has 2 aromatic rings. The molecule has 0 fully saturated rings. The maximum absolute atomic E-state index is 11.1. The minimum absolute atomic E-state index is 0.115. The van der Waals surface area contributed by atoms with E-state index in [4.69, 9.17) is 28.3 Å². The zero-order valence-corrected chi connectivity index (χ0v) is 12.1. The van der Waals surface area contributed by atoms with Gasteiger partial charge in [-0.2, -0.15) is 0 Å². The Morgan fingerprint density at radius 2 is 2.10 bits per heavy atom. The molecule has 0 aliphatic carbocycles. The fourth-order valence-corrected chi connectivity index (χ4v) is 2.40. The van der Waals surface area contributed by atoms with E-state index in [-0.39, 0.29) is 11.6 Å². The van der Waals surface area contributed by atoms with Gasteiger partial charge in [0, 0.05) is 16.2 Å². The molecule has 0 saturated heterocycles. The maximum atomic E-state index is 11.1. The van der Waals surface area contributed by atoms with Crippen LogP contribution in [0.25, 0.3) is 0 Å². The smallest absolute Gasteiger partial charge is 0.339 e. The third-order valence-corrected chi connectivity index (χ3v) is 3.38. The summed E-state index contributed by atoms with van der Waals surface area (Å²) in [5.74, 6) is -0.728. The number of pyridine rings is 1. The molecule has 0 aliphatic heterocycles. The summed E-state index contributed by atoms with van der Waals surface area (Å²) in [4.78, 5) is 15.2. The number of carboxylic acids is 1. The molecule has 0 saturated carbocycles. The first kappa shape index (κ1) is 14.6. The van der Waals surface area contributed by atoms with Crippen molar-refractivity contribution in [3.8, 4) is 0 Å². The van der Waals surface area contributed by atoms with Crippen LogP contribution in [0.5, 0.6) is 0 Å². The highest BCUT2D eigenvalue weighted by Gasteiger charge is 2.15. The average Bonchev–Trinajstić information content (AvgIpc) is 2.38. The Bertz CT molecular complexity index is 647. The number of nitrogens with one attached hydrogen (secondary N) is 1. The van der Waals surface area contributed by atoms with Crippen LogP contribution >= 0.6 is 23.2 Å². The van der Waals surface area contributed by atoms with Crippen LogP contribution in [0.1, 0.15) is 28.9 Å². The number of rotatable bonds is 4. The predicted molar refractivity (Wildman–Crippen MR) is 79.7 cm³/mol. The summed E-state index contributed by atoms with van der Waals surface area (Å²) >= 11 is 12.0. The van der Waals surface area contributed by atoms with Gasteiger partial charge in [0.2, 0.25) is 0 Å². The molecule has 1 aromatic heterocycles. The molecule has 1 aromatic carbocycles. The van der Waals surface area contributed by atoms with Crippen LogP contribution in [0.2, 0.25) is 10.0 Å². The largest absolute Gasteiger partial charge is 0.478 e. The molecule has 0 aliphatic rings. The van der Waals surface area contributed by atoms with Gasteiger partial charge >= 0.3 is 5.97 Å². The lowest BCUT2D eigenvalue weighted by Gasteiger charge is -2.17. The van der Waals surface area contributed by atoms with Gasteiger partial charge in [-0.25, -0.2) is 9.78 Å². The van der Waals surface area contributed by atoms with Crippen LogP contribution in [0, 0.1) is 0 Å².